The van der Waals surface area contributed by atoms with Gasteiger partial charge in [0.05, 0.1) is 0 Å². The molecule has 1 aromatic heterocycles. The maximum Gasteiger partial charge on any atom is 0.276 e. The van der Waals surface area contributed by atoms with E-state index in [0.717, 1.165) is 0 Å². The molecule has 1 saturated heterocycles. The van der Waals surface area contributed by atoms with Gasteiger partial charge in [0.2, 0.25) is 0 Å². The Hall–Kier alpha value is -1.85. The first kappa shape index (κ1) is 14.6. The molecule has 1 aromatic carbocycles. The van der Waals surface area contributed by atoms with Crippen molar-refractivity contribution in [1.29, 1.82) is 0 Å². The van der Waals surface area contributed by atoms with Crippen LogP contribution in [0.5, 0.6) is 0 Å². The van der Waals surface area contributed by atoms with Crippen molar-refractivity contribution in [1.82, 2.24) is 10.1 Å². The normalized spacial score (nSPS) is 21.6. The molecule has 0 aliphatic carbocycles. The Kier molecular flexibility index (Phi) is 4.42. The number of likely N-dealkylation sites (tertiary alicyclic amines) is 1. The van der Waals surface area contributed by atoms with Gasteiger partial charge in [-0.15, -0.1) is 12.4 Å². The summed E-state index contributed by atoms with van der Waals surface area (Å²) in [7, 11) is 0. The van der Waals surface area contributed by atoms with E-state index in [9.17, 15) is 4.79 Å². The Morgan fingerprint density at radius 2 is 2.00 bits per heavy atom. The fraction of sp³-hybridized carbons (Fsp3) is 0.286. The smallest absolute Gasteiger partial charge is 0.276 e. The van der Waals surface area contributed by atoms with Crippen LogP contribution in [0.1, 0.15) is 22.0 Å². The quantitative estimate of drug-likeness (QED) is 0.914. The van der Waals surface area contributed by atoms with Gasteiger partial charge in [-0.05, 0) is 5.56 Å². The molecule has 0 unspecified atom stereocenters. The van der Waals surface area contributed by atoms with Crippen LogP contribution in [-0.2, 0) is 0 Å². The van der Waals surface area contributed by atoms with E-state index in [1.54, 1.807) is 11.0 Å². The molecule has 0 bridgehead atoms. The highest BCUT2D eigenvalue weighted by atomic mass is 35.5. The zero-order valence-corrected chi connectivity index (χ0v) is 11.6. The third-order valence-electron chi connectivity index (χ3n) is 3.54. The topological polar surface area (TPSA) is 72.4 Å². The van der Waals surface area contributed by atoms with E-state index in [-0.39, 0.29) is 30.3 Å². The lowest BCUT2D eigenvalue weighted by molar-refractivity contribution is 0.0779. The summed E-state index contributed by atoms with van der Waals surface area (Å²) in [5.41, 5.74) is 7.66. The highest BCUT2D eigenvalue weighted by Gasteiger charge is 2.34. The first-order valence-electron chi connectivity index (χ1n) is 6.26. The van der Waals surface area contributed by atoms with Gasteiger partial charge in [-0.1, -0.05) is 35.5 Å². The van der Waals surface area contributed by atoms with Crippen molar-refractivity contribution in [2.45, 2.75) is 12.0 Å². The molecule has 2 heterocycles. The second-order valence-electron chi connectivity index (χ2n) is 4.78. The van der Waals surface area contributed by atoms with Crippen molar-refractivity contribution in [2.24, 2.45) is 5.73 Å². The third kappa shape index (κ3) is 2.69. The van der Waals surface area contributed by atoms with Crippen LogP contribution < -0.4 is 5.73 Å². The largest absolute Gasteiger partial charge is 0.364 e. The van der Waals surface area contributed by atoms with Crippen LogP contribution in [-0.4, -0.2) is 35.1 Å². The van der Waals surface area contributed by atoms with Crippen molar-refractivity contribution in [2.75, 3.05) is 13.1 Å². The predicted octanol–water partition coefficient (Wildman–Crippen LogP) is 1.66. The van der Waals surface area contributed by atoms with Gasteiger partial charge < -0.3 is 15.2 Å². The highest BCUT2D eigenvalue weighted by Crippen LogP contribution is 2.27. The van der Waals surface area contributed by atoms with Crippen molar-refractivity contribution < 1.29 is 9.32 Å². The molecule has 1 aliphatic heterocycles. The number of halogens is 1. The van der Waals surface area contributed by atoms with Crippen molar-refractivity contribution in [3.63, 3.8) is 0 Å². The Morgan fingerprint density at radius 3 is 2.65 bits per heavy atom. The lowest BCUT2D eigenvalue weighted by Crippen LogP contribution is -2.32. The van der Waals surface area contributed by atoms with Gasteiger partial charge in [-0.25, -0.2) is 0 Å². The minimum absolute atomic E-state index is 0. The number of carbonyl (C=O) groups excluding carboxylic acids is 1. The van der Waals surface area contributed by atoms with Gasteiger partial charge in [0, 0.05) is 31.1 Å². The van der Waals surface area contributed by atoms with E-state index in [0.29, 0.717) is 18.8 Å². The van der Waals surface area contributed by atoms with Crippen molar-refractivity contribution in [3.8, 4) is 0 Å². The molecule has 0 spiro atoms. The standard InChI is InChI=1S/C14H15N3O2.ClH/c15-12-9-17(14(18)13-6-7-19-16-13)8-11(12)10-4-2-1-3-5-10;/h1-7,11-12H,8-9,15H2;1H/t11-,12+;/m0./s1. The van der Waals surface area contributed by atoms with E-state index in [1.165, 1.54) is 11.8 Å². The second kappa shape index (κ2) is 6.07. The number of nitrogens with zero attached hydrogens (tertiary/aromatic N) is 2. The number of hydrogen-bond acceptors (Lipinski definition) is 4. The Morgan fingerprint density at radius 1 is 1.25 bits per heavy atom. The Bertz CT molecular complexity index is 559. The van der Waals surface area contributed by atoms with E-state index in [4.69, 9.17) is 10.3 Å². The molecule has 6 heteroatoms. The van der Waals surface area contributed by atoms with Gasteiger partial charge in [-0.3, -0.25) is 4.79 Å². The van der Waals surface area contributed by atoms with Crippen LogP contribution in [0.4, 0.5) is 0 Å². The molecule has 3 rings (SSSR count). The second-order valence-corrected chi connectivity index (χ2v) is 4.78. The van der Waals surface area contributed by atoms with E-state index in [2.05, 4.69) is 17.3 Å². The summed E-state index contributed by atoms with van der Waals surface area (Å²) in [6.45, 7) is 1.17. The number of hydrogen-bond donors (Lipinski definition) is 1. The first-order chi connectivity index (χ1) is 9.25. The first-order valence-corrected chi connectivity index (χ1v) is 6.26. The van der Waals surface area contributed by atoms with Gasteiger partial charge in [0.15, 0.2) is 5.69 Å². The Labute approximate surface area is 123 Å². The Balaban J connectivity index is 0.00000147. The molecule has 5 nitrogen and oxygen atoms in total. The predicted molar refractivity (Wildman–Crippen MR) is 76.8 cm³/mol. The minimum Gasteiger partial charge on any atom is -0.364 e. The van der Waals surface area contributed by atoms with Crippen LogP contribution in [0.25, 0.3) is 0 Å². The molecule has 1 amide bonds. The molecule has 2 N–H and O–H groups in total. The average molecular weight is 294 g/mol. The minimum atomic E-state index is -0.123. The summed E-state index contributed by atoms with van der Waals surface area (Å²) >= 11 is 0. The van der Waals surface area contributed by atoms with E-state index >= 15 is 0 Å². The molecule has 1 aliphatic rings. The zero-order chi connectivity index (χ0) is 13.2. The lowest BCUT2D eigenvalue weighted by Gasteiger charge is -2.15. The summed E-state index contributed by atoms with van der Waals surface area (Å²) < 4.78 is 4.70. The zero-order valence-electron chi connectivity index (χ0n) is 10.8. The molecule has 0 radical (unpaired) electrons. The summed E-state index contributed by atoms with van der Waals surface area (Å²) in [4.78, 5) is 13.9. The van der Waals surface area contributed by atoms with Gasteiger partial charge in [-0.2, -0.15) is 0 Å². The van der Waals surface area contributed by atoms with Crippen molar-refractivity contribution in [3.05, 3.63) is 53.9 Å². The maximum absolute atomic E-state index is 12.2. The highest BCUT2D eigenvalue weighted by molar-refractivity contribution is 5.92. The molecule has 2 atom stereocenters. The van der Waals surface area contributed by atoms with Crippen LogP contribution in [0.3, 0.4) is 0 Å². The van der Waals surface area contributed by atoms with Crippen LogP contribution in [0.2, 0.25) is 0 Å². The fourth-order valence-electron chi connectivity index (χ4n) is 2.53. The molecular formula is C14H16ClN3O2. The molecule has 0 saturated carbocycles. The van der Waals surface area contributed by atoms with Crippen LogP contribution in [0.15, 0.2) is 47.2 Å². The summed E-state index contributed by atoms with van der Waals surface area (Å²) in [5, 5.41) is 3.68. The SMILES string of the molecule is Cl.N[C@@H]1CN(C(=O)c2ccon2)C[C@H]1c1ccccc1. The molecule has 106 valence electrons. The average Bonchev–Trinajstić information content (AvgIpc) is 3.08. The number of benzene rings is 1. The lowest BCUT2D eigenvalue weighted by atomic mass is 9.95. The molecular weight excluding hydrogens is 278 g/mol. The molecule has 2 aromatic rings. The number of carbonyl (C=O) groups is 1. The number of nitrogens with two attached hydrogens (primary N) is 1. The number of amides is 1. The van der Waals surface area contributed by atoms with Gasteiger partial charge in [0.1, 0.15) is 6.26 Å². The summed E-state index contributed by atoms with van der Waals surface area (Å²) in [5.74, 6) is 0.0553. The van der Waals surface area contributed by atoms with Crippen LogP contribution in [0, 0.1) is 0 Å². The molecule has 1 fully saturated rings. The molecule has 20 heavy (non-hydrogen) atoms. The van der Waals surface area contributed by atoms with Crippen molar-refractivity contribution >= 4 is 18.3 Å². The third-order valence-corrected chi connectivity index (χ3v) is 3.54. The van der Waals surface area contributed by atoms with E-state index in [1.807, 2.05) is 18.2 Å². The summed E-state index contributed by atoms with van der Waals surface area (Å²) in [6.07, 6.45) is 1.40. The monoisotopic (exact) mass is 293 g/mol. The summed E-state index contributed by atoms with van der Waals surface area (Å²) in [6, 6.07) is 11.6. The van der Waals surface area contributed by atoms with Crippen LogP contribution >= 0.6 is 12.4 Å². The van der Waals surface area contributed by atoms with Gasteiger partial charge in [0.25, 0.3) is 5.91 Å². The van der Waals surface area contributed by atoms with Gasteiger partial charge >= 0.3 is 0 Å². The fourth-order valence-corrected chi connectivity index (χ4v) is 2.53. The maximum atomic E-state index is 12.2. The number of rotatable bonds is 2. The number of aromatic nitrogens is 1. The van der Waals surface area contributed by atoms with E-state index < -0.39 is 0 Å².